The maximum atomic E-state index is 6.31. The number of fused-ring (bicyclic) bond motifs is 1. The van der Waals surface area contributed by atoms with Gasteiger partial charge in [0.15, 0.2) is 0 Å². The summed E-state index contributed by atoms with van der Waals surface area (Å²) in [5, 5.41) is 5.02. The first-order chi connectivity index (χ1) is 10.2. The third kappa shape index (κ3) is 3.26. The van der Waals surface area contributed by atoms with Crippen LogP contribution in [0, 0.1) is 5.92 Å². The maximum Gasteiger partial charge on any atom is 0.0439 e. The number of rotatable bonds is 4. The van der Waals surface area contributed by atoms with E-state index < -0.39 is 0 Å². The summed E-state index contributed by atoms with van der Waals surface area (Å²) in [5.41, 5.74) is 4.10. The molecule has 0 saturated heterocycles. The van der Waals surface area contributed by atoms with Gasteiger partial charge in [0.2, 0.25) is 0 Å². The summed E-state index contributed by atoms with van der Waals surface area (Å²) in [5.74, 6) is 0.613. The average Bonchev–Trinajstić information content (AvgIpc) is 2.91. The molecule has 0 bridgehead atoms. The van der Waals surface area contributed by atoms with E-state index in [2.05, 4.69) is 29.6 Å². The van der Waals surface area contributed by atoms with Crippen molar-refractivity contribution in [1.82, 2.24) is 5.32 Å². The van der Waals surface area contributed by atoms with E-state index in [9.17, 15) is 0 Å². The molecule has 110 valence electrons. The molecule has 0 radical (unpaired) electrons. The van der Waals surface area contributed by atoms with E-state index in [1.165, 1.54) is 11.1 Å². The van der Waals surface area contributed by atoms with Gasteiger partial charge in [0, 0.05) is 16.1 Å². The molecule has 0 amide bonds. The van der Waals surface area contributed by atoms with Crippen LogP contribution in [-0.2, 0) is 19.3 Å². The predicted octanol–water partition coefficient (Wildman–Crippen LogP) is 4.54. The van der Waals surface area contributed by atoms with Crippen LogP contribution < -0.4 is 5.32 Å². The lowest BCUT2D eigenvalue weighted by Gasteiger charge is -2.23. The molecule has 0 saturated carbocycles. The summed E-state index contributed by atoms with van der Waals surface area (Å²) in [6.07, 6.45) is 3.19. The van der Waals surface area contributed by atoms with Gasteiger partial charge in [-0.1, -0.05) is 47.5 Å². The zero-order valence-electron chi connectivity index (χ0n) is 12.1. The fourth-order valence-electron chi connectivity index (χ4n) is 3.32. The van der Waals surface area contributed by atoms with Gasteiger partial charge < -0.3 is 5.32 Å². The summed E-state index contributed by atoms with van der Waals surface area (Å²) in [6.45, 7) is 0. The van der Waals surface area contributed by atoms with Gasteiger partial charge in [0.1, 0.15) is 0 Å². The summed E-state index contributed by atoms with van der Waals surface area (Å²) in [6, 6.07) is 14.9. The Kier molecular flexibility index (Phi) is 4.54. The fourth-order valence-corrected chi connectivity index (χ4v) is 3.71. The largest absolute Gasteiger partial charge is 0.316 e. The molecule has 1 aliphatic rings. The highest BCUT2D eigenvalue weighted by Crippen LogP contribution is 2.31. The minimum absolute atomic E-state index is 0.411. The van der Waals surface area contributed by atoms with Crippen molar-refractivity contribution in [3.63, 3.8) is 0 Å². The van der Waals surface area contributed by atoms with Crippen LogP contribution in [0.5, 0.6) is 0 Å². The highest BCUT2D eigenvalue weighted by molar-refractivity contribution is 6.33. The van der Waals surface area contributed by atoms with E-state index in [0.29, 0.717) is 12.0 Å². The number of halogens is 2. The zero-order valence-corrected chi connectivity index (χ0v) is 13.6. The van der Waals surface area contributed by atoms with E-state index >= 15 is 0 Å². The molecule has 1 N–H and O–H groups in total. The van der Waals surface area contributed by atoms with Crippen LogP contribution in [0.15, 0.2) is 42.5 Å². The molecule has 1 atom stereocenters. The predicted molar refractivity (Wildman–Crippen MR) is 90.4 cm³/mol. The minimum Gasteiger partial charge on any atom is -0.316 e. The molecule has 0 spiro atoms. The van der Waals surface area contributed by atoms with Crippen LogP contribution in [0.3, 0.4) is 0 Å². The van der Waals surface area contributed by atoms with E-state index in [4.69, 9.17) is 23.2 Å². The number of benzene rings is 2. The number of likely N-dealkylation sites (N-methyl/N-ethyl adjacent to an activating group) is 1. The summed E-state index contributed by atoms with van der Waals surface area (Å²) in [4.78, 5) is 0. The molecule has 0 heterocycles. The molecule has 3 heteroatoms. The zero-order chi connectivity index (χ0) is 14.8. The smallest absolute Gasteiger partial charge is 0.0439 e. The molecule has 1 unspecified atom stereocenters. The minimum atomic E-state index is 0.411. The molecule has 0 aliphatic heterocycles. The highest BCUT2D eigenvalue weighted by atomic mass is 35.5. The Labute approximate surface area is 136 Å². The Hall–Kier alpha value is -1.02. The first-order valence-corrected chi connectivity index (χ1v) is 8.11. The van der Waals surface area contributed by atoms with Gasteiger partial charge in [-0.3, -0.25) is 0 Å². The Balaban J connectivity index is 1.76. The highest BCUT2D eigenvalue weighted by Gasteiger charge is 2.28. The van der Waals surface area contributed by atoms with Crippen LogP contribution in [-0.4, -0.2) is 13.1 Å². The van der Waals surface area contributed by atoms with Crippen molar-refractivity contribution in [2.45, 2.75) is 25.3 Å². The fraction of sp³-hybridized carbons (Fsp3) is 0.333. The molecule has 2 aromatic carbocycles. The molecule has 1 nitrogen and oxygen atoms in total. The van der Waals surface area contributed by atoms with Gasteiger partial charge in [0.25, 0.3) is 0 Å². The van der Waals surface area contributed by atoms with Crippen molar-refractivity contribution in [2.75, 3.05) is 7.05 Å². The lowest BCUT2D eigenvalue weighted by molar-refractivity contribution is 0.383. The Morgan fingerprint density at radius 3 is 2.38 bits per heavy atom. The van der Waals surface area contributed by atoms with Crippen LogP contribution in [0.2, 0.25) is 10.0 Å². The van der Waals surface area contributed by atoms with Gasteiger partial charge in [-0.25, -0.2) is 0 Å². The topological polar surface area (TPSA) is 12.0 Å². The Bertz CT molecular complexity index is 614. The number of hydrogen-bond acceptors (Lipinski definition) is 1. The van der Waals surface area contributed by atoms with Crippen molar-refractivity contribution < 1.29 is 0 Å². The van der Waals surface area contributed by atoms with Crippen molar-refractivity contribution in [3.8, 4) is 0 Å². The van der Waals surface area contributed by atoms with Crippen LogP contribution in [0.1, 0.15) is 16.7 Å². The second-order valence-corrected chi connectivity index (χ2v) is 6.62. The molecule has 0 aromatic heterocycles. The molecular formula is C18H19Cl2N. The Morgan fingerprint density at radius 2 is 1.76 bits per heavy atom. The second-order valence-electron chi connectivity index (χ2n) is 5.77. The van der Waals surface area contributed by atoms with E-state index in [1.54, 1.807) is 0 Å². The molecule has 0 fully saturated rings. The monoisotopic (exact) mass is 319 g/mol. The third-order valence-corrected chi connectivity index (χ3v) is 5.07. The lowest BCUT2D eigenvalue weighted by atomic mass is 9.91. The molecular weight excluding hydrogens is 301 g/mol. The summed E-state index contributed by atoms with van der Waals surface area (Å²) in [7, 11) is 2.03. The van der Waals surface area contributed by atoms with E-state index in [-0.39, 0.29) is 0 Å². The van der Waals surface area contributed by atoms with Gasteiger partial charge >= 0.3 is 0 Å². The number of nitrogens with one attached hydrogen (secondary N) is 1. The van der Waals surface area contributed by atoms with Gasteiger partial charge in [0.05, 0.1) is 0 Å². The standard InChI is InChI=1S/C18H19Cl2N/c1-21-18(11-14-10-16(19)6-7-17(14)20)15-8-12-4-2-3-5-13(12)9-15/h2-7,10,15,18,21H,8-9,11H2,1H3. The first kappa shape index (κ1) is 14.9. The summed E-state index contributed by atoms with van der Waals surface area (Å²) < 4.78 is 0. The van der Waals surface area contributed by atoms with Crippen molar-refractivity contribution in [1.29, 1.82) is 0 Å². The quantitative estimate of drug-likeness (QED) is 0.872. The van der Waals surface area contributed by atoms with E-state index in [0.717, 1.165) is 34.9 Å². The average molecular weight is 320 g/mol. The SMILES string of the molecule is CNC(Cc1cc(Cl)ccc1Cl)C1Cc2ccccc2C1. The van der Waals surface area contributed by atoms with Gasteiger partial charge in [-0.2, -0.15) is 0 Å². The molecule has 21 heavy (non-hydrogen) atoms. The Morgan fingerprint density at radius 1 is 1.10 bits per heavy atom. The first-order valence-electron chi connectivity index (χ1n) is 7.35. The van der Waals surface area contributed by atoms with E-state index in [1.807, 2.05) is 25.2 Å². The normalized spacial score (nSPS) is 16.0. The van der Waals surface area contributed by atoms with Crippen molar-refractivity contribution in [2.24, 2.45) is 5.92 Å². The summed E-state index contributed by atoms with van der Waals surface area (Å²) >= 11 is 12.4. The van der Waals surface area contributed by atoms with Gasteiger partial charge in [-0.15, -0.1) is 0 Å². The molecule has 2 aromatic rings. The van der Waals surface area contributed by atoms with Crippen molar-refractivity contribution >= 4 is 23.2 Å². The van der Waals surface area contributed by atoms with Crippen LogP contribution in [0.25, 0.3) is 0 Å². The maximum absolute atomic E-state index is 6.31. The van der Waals surface area contributed by atoms with Crippen LogP contribution in [0.4, 0.5) is 0 Å². The van der Waals surface area contributed by atoms with Crippen molar-refractivity contribution in [3.05, 3.63) is 69.2 Å². The lowest BCUT2D eigenvalue weighted by Crippen LogP contribution is -2.36. The van der Waals surface area contributed by atoms with Gasteiger partial charge in [-0.05, 0) is 67.1 Å². The molecule has 1 aliphatic carbocycles. The second kappa shape index (κ2) is 6.39. The van der Waals surface area contributed by atoms with Crippen LogP contribution >= 0.6 is 23.2 Å². The number of hydrogen-bond donors (Lipinski definition) is 1. The molecule has 3 rings (SSSR count). The third-order valence-electron chi connectivity index (χ3n) is 4.47.